The van der Waals surface area contributed by atoms with E-state index in [0.717, 1.165) is 23.1 Å². The first-order chi connectivity index (χ1) is 17.0. The number of hydrogen-bond acceptors (Lipinski definition) is 6. The number of hydrogen-bond donors (Lipinski definition) is 3. The fourth-order valence-corrected chi connectivity index (χ4v) is 3.39. The van der Waals surface area contributed by atoms with E-state index in [1.807, 2.05) is 0 Å². The third kappa shape index (κ3) is 5.25. The van der Waals surface area contributed by atoms with Crippen molar-refractivity contribution in [1.82, 2.24) is 15.0 Å². The van der Waals surface area contributed by atoms with Gasteiger partial charge in [-0.25, -0.2) is 14.6 Å². The number of aromatic amines is 1. The van der Waals surface area contributed by atoms with Crippen molar-refractivity contribution in [2.75, 3.05) is 17.3 Å². The molecule has 0 radical (unpaired) electrons. The fourth-order valence-electron chi connectivity index (χ4n) is 3.19. The van der Waals surface area contributed by atoms with Crippen molar-refractivity contribution in [3.05, 3.63) is 65.3 Å². The number of imidazole rings is 1. The number of urea groups is 1. The number of methoxy groups -OCH3 is 1. The predicted molar refractivity (Wildman–Crippen MR) is 125 cm³/mol. The molecule has 10 nitrogen and oxygen atoms in total. The number of amides is 3. The van der Waals surface area contributed by atoms with Gasteiger partial charge in [-0.15, -0.1) is 0 Å². The van der Waals surface area contributed by atoms with Crippen molar-refractivity contribution < 1.29 is 32.2 Å². The summed E-state index contributed by atoms with van der Waals surface area (Å²) in [5, 5.41) is 2.29. The van der Waals surface area contributed by atoms with E-state index in [1.165, 1.54) is 37.6 Å². The zero-order valence-electron chi connectivity index (χ0n) is 18.3. The molecule has 0 aliphatic rings. The van der Waals surface area contributed by atoms with Gasteiger partial charge < -0.3 is 20.2 Å². The van der Waals surface area contributed by atoms with Crippen molar-refractivity contribution in [1.29, 1.82) is 0 Å². The minimum atomic E-state index is -4.64. The van der Waals surface area contributed by atoms with Crippen LogP contribution in [0.3, 0.4) is 0 Å². The van der Waals surface area contributed by atoms with Crippen molar-refractivity contribution >= 4 is 52.2 Å². The summed E-state index contributed by atoms with van der Waals surface area (Å²) in [6.07, 6.45) is -3.95. The number of carbonyl (C=O) groups excluding carboxylic acids is 2. The van der Waals surface area contributed by atoms with Gasteiger partial charge in [-0.2, -0.15) is 18.2 Å². The lowest BCUT2D eigenvalue weighted by atomic mass is 10.1. The second-order valence-corrected chi connectivity index (χ2v) is 7.58. The summed E-state index contributed by atoms with van der Waals surface area (Å²) in [6.45, 7) is 0. The minimum Gasteiger partial charge on any atom is -0.456 e. The van der Waals surface area contributed by atoms with E-state index in [2.05, 4.69) is 25.0 Å². The average molecular weight is 521 g/mol. The maximum absolute atomic E-state index is 13.2. The van der Waals surface area contributed by atoms with Crippen LogP contribution < -0.4 is 20.7 Å². The summed E-state index contributed by atoms with van der Waals surface area (Å²) in [6, 6.07) is 8.96. The van der Waals surface area contributed by atoms with Crippen molar-refractivity contribution in [2.45, 2.75) is 6.18 Å². The number of ether oxygens (including phenoxy) is 2. The van der Waals surface area contributed by atoms with Crippen molar-refractivity contribution in [2.24, 2.45) is 5.73 Å². The third-order valence-corrected chi connectivity index (χ3v) is 5.10. The van der Waals surface area contributed by atoms with Gasteiger partial charge in [0.05, 0.1) is 40.8 Å². The molecule has 0 saturated heterocycles. The maximum atomic E-state index is 13.2. The first-order valence-corrected chi connectivity index (χ1v) is 10.4. The van der Waals surface area contributed by atoms with Crippen LogP contribution in [0.5, 0.6) is 11.5 Å². The number of alkyl halides is 3. The number of nitrogens with two attached hydrogens (primary N) is 1. The Hall–Kier alpha value is -4.52. The van der Waals surface area contributed by atoms with E-state index in [0.29, 0.717) is 22.7 Å². The summed E-state index contributed by atoms with van der Waals surface area (Å²) in [5.41, 5.74) is 5.19. The molecule has 4 aromatic rings. The number of fused-ring (bicyclic) bond motifs is 1. The highest BCUT2D eigenvalue weighted by Gasteiger charge is 2.32. The molecule has 36 heavy (non-hydrogen) atoms. The van der Waals surface area contributed by atoms with Crippen LogP contribution in [-0.2, 0) is 10.9 Å². The number of nitrogens with one attached hydrogen (secondary N) is 2. The summed E-state index contributed by atoms with van der Waals surface area (Å²) >= 11 is 6.07. The van der Waals surface area contributed by atoms with E-state index in [9.17, 15) is 22.8 Å². The molecule has 2 aromatic heterocycles. The van der Waals surface area contributed by atoms with Crippen LogP contribution in [0.15, 0.2) is 54.7 Å². The SMILES string of the molecule is COC(=O)Nc1nc2ncc(Oc3ccc(N(C(N)=O)c4cc(C(F)(F)F)ccc4Cl)cc3)cc2[nH]1. The van der Waals surface area contributed by atoms with Gasteiger partial charge in [-0.1, -0.05) is 11.6 Å². The van der Waals surface area contributed by atoms with Gasteiger partial charge in [-0.3, -0.25) is 10.2 Å². The molecule has 0 unspecified atom stereocenters. The number of primary amides is 1. The molecule has 186 valence electrons. The lowest BCUT2D eigenvalue weighted by molar-refractivity contribution is -0.137. The van der Waals surface area contributed by atoms with Gasteiger partial charge in [0, 0.05) is 6.07 Å². The molecule has 0 aliphatic heterocycles. The molecule has 0 bridgehead atoms. The molecule has 4 rings (SSSR count). The van der Waals surface area contributed by atoms with Gasteiger partial charge in [0.1, 0.15) is 11.5 Å². The number of nitrogens with zero attached hydrogens (tertiary/aromatic N) is 3. The third-order valence-electron chi connectivity index (χ3n) is 4.78. The smallest absolute Gasteiger partial charge is 0.416 e. The number of benzene rings is 2. The van der Waals surface area contributed by atoms with E-state index in [-0.39, 0.29) is 22.3 Å². The molecule has 0 fully saturated rings. The number of carbonyl (C=O) groups is 2. The van der Waals surface area contributed by atoms with Crippen LogP contribution in [0.2, 0.25) is 5.02 Å². The Kier molecular flexibility index (Phi) is 6.57. The Labute approximate surface area is 205 Å². The van der Waals surface area contributed by atoms with E-state index < -0.39 is 23.9 Å². The Morgan fingerprint density at radius 1 is 1.11 bits per heavy atom. The van der Waals surface area contributed by atoms with E-state index >= 15 is 0 Å². The van der Waals surface area contributed by atoms with Crippen LogP contribution in [-0.4, -0.2) is 34.2 Å². The second-order valence-electron chi connectivity index (χ2n) is 7.18. The first-order valence-electron chi connectivity index (χ1n) is 10.00. The van der Waals surface area contributed by atoms with Crippen LogP contribution in [0.4, 0.5) is 40.1 Å². The number of pyridine rings is 1. The Balaban J connectivity index is 1.57. The zero-order valence-corrected chi connectivity index (χ0v) is 19.0. The lowest BCUT2D eigenvalue weighted by Gasteiger charge is -2.23. The highest BCUT2D eigenvalue weighted by atomic mass is 35.5. The second kappa shape index (κ2) is 9.62. The molecule has 2 aromatic carbocycles. The summed E-state index contributed by atoms with van der Waals surface area (Å²) in [4.78, 5) is 35.4. The molecule has 3 amide bonds. The molecule has 4 N–H and O–H groups in total. The molecule has 0 spiro atoms. The molecular formula is C22H16ClF3N6O4. The molecule has 0 saturated carbocycles. The Bertz CT molecular complexity index is 1440. The van der Waals surface area contributed by atoms with Crippen LogP contribution in [0, 0.1) is 0 Å². The van der Waals surface area contributed by atoms with Gasteiger partial charge in [0.25, 0.3) is 0 Å². The summed E-state index contributed by atoms with van der Waals surface area (Å²) < 4.78 is 49.8. The number of aromatic nitrogens is 3. The Morgan fingerprint density at radius 3 is 2.47 bits per heavy atom. The Morgan fingerprint density at radius 2 is 1.83 bits per heavy atom. The van der Waals surface area contributed by atoms with Gasteiger partial charge in [0.15, 0.2) is 5.65 Å². The van der Waals surface area contributed by atoms with Gasteiger partial charge >= 0.3 is 18.3 Å². The molecule has 0 aliphatic carbocycles. The lowest BCUT2D eigenvalue weighted by Crippen LogP contribution is -2.31. The molecular weight excluding hydrogens is 505 g/mol. The average Bonchev–Trinajstić information content (AvgIpc) is 3.22. The standard InChI is InChI=1S/C22H16ClF3N6O4/c1-35-21(34)31-20-29-16-9-14(10-28-18(16)30-20)36-13-5-3-12(4-6-13)32(19(27)33)17-8-11(22(24,25)26)2-7-15(17)23/h2-10H,1H3,(H2,27,33)(H2,28,29,30,31,34). The van der Waals surface area contributed by atoms with E-state index in [1.54, 1.807) is 6.07 Å². The molecule has 0 atom stereocenters. The maximum Gasteiger partial charge on any atom is 0.416 e. The monoisotopic (exact) mass is 520 g/mol. The van der Waals surface area contributed by atoms with Gasteiger partial charge in [-0.05, 0) is 42.5 Å². The van der Waals surface area contributed by atoms with Crippen LogP contribution >= 0.6 is 11.6 Å². The quantitative estimate of drug-likeness (QED) is 0.303. The number of halogens is 4. The summed E-state index contributed by atoms with van der Waals surface area (Å²) in [7, 11) is 1.21. The molecule has 14 heteroatoms. The normalized spacial score (nSPS) is 11.2. The highest BCUT2D eigenvalue weighted by molar-refractivity contribution is 6.34. The first kappa shape index (κ1) is 24.6. The molecule has 2 heterocycles. The summed E-state index contributed by atoms with van der Waals surface area (Å²) in [5.74, 6) is 0.772. The van der Waals surface area contributed by atoms with E-state index in [4.69, 9.17) is 22.1 Å². The largest absolute Gasteiger partial charge is 0.456 e. The zero-order chi connectivity index (χ0) is 26.0. The number of H-pyrrole nitrogens is 1. The predicted octanol–water partition coefficient (Wildman–Crippen LogP) is 5.82. The topological polar surface area (TPSA) is 135 Å². The van der Waals surface area contributed by atoms with Crippen LogP contribution in [0.1, 0.15) is 5.56 Å². The van der Waals surface area contributed by atoms with Crippen LogP contribution in [0.25, 0.3) is 11.2 Å². The number of anilines is 3. The van der Waals surface area contributed by atoms with Crippen molar-refractivity contribution in [3.63, 3.8) is 0 Å². The minimum absolute atomic E-state index is 0.0953. The van der Waals surface area contributed by atoms with Crippen molar-refractivity contribution in [3.8, 4) is 11.5 Å². The van der Waals surface area contributed by atoms with Gasteiger partial charge in [0.2, 0.25) is 5.95 Å². The highest BCUT2D eigenvalue weighted by Crippen LogP contribution is 2.38. The number of rotatable bonds is 5. The fraction of sp³-hybridized carbons (Fsp3) is 0.0909.